The van der Waals surface area contributed by atoms with Crippen molar-refractivity contribution in [3.63, 3.8) is 0 Å². The Morgan fingerprint density at radius 1 is 1.11 bits per heavy atom. The van der Waals surface area contributed by atoms with Gasteiger partial charge in [0, 0.05) is 5.92 Å². The van der Waals surface area contributed by atoms with Gasteiger partial charge in [-0.2, -0.15) is 0 Å². The fraction of sp³-hybridized carbons (Fsp3) is 0.647. The molecule has 1 aromatic carbocycles. The number of hydrogen-bond donors (Lipinski definition) is 1. The van der Waals surface area contributed by atoms with Gasteiger partial charge in [-0.15, -0.1) is 0 Å². The minimum absolute atomic E-state index is 0.237. The van der Waals surface area contributed by atoms with Crippen molar-refractivity contribution in [2.24, 2.45) is 11.8 Å². The molecule has 0 aromatic heterocycles. The third-order valence-electron chi connectivity index (χ3n) is 5.70. The minimum Gasteiger partial charge on any atom is -0.365 e. The molecular weight excluding hydrogens is 236 g/mol. The first-order valence-corrected chi connectivity index (χ1v) is 7.53. The van der Waals surface area contributed by atoms with Crippen molar-refractivity contribution < 1.29 is 9.84 Å². The summed E-state index contributed by atoms with van der Waals surface area (Å²) in [6.45, 7) is 1.87. The average molecular weight is 258 g/mol. The van der Waals surface area contributed by atoms with Crippen molar-refractivity contribution in [1.29, 1.82) is 0 Å². The Hall–Kier alpha value is -0.860. The Balaban J connectivity index is 1.79. The highest BCUT2D eigenvalue weighted by Crippen LogP contribution is 2.58. The summed E-state index contributed by atoms with van der Waals surface area (Å²) >= 11 is 0. The summed E-state index contributed by atoms with van der Waals surface area (Å²) in [6, 6.07) is 10.9. The van der Waals surface area contributed by atoms with Crippen LogP contribution in [0.2, 0.25) is 0 Å². The highest BCUT2D eigenvalue weighted by Gasteiger charge is 2.55. The third-order valence-corrected chi connectivity index (χ3v) is 5.70. The van der Waals surface area contributed by atoms with E-state index < -0.39 is 5.79 Å². The Morgan fingerprint density at radius 2 is 1.89 bits per heavy atom. The second-order valence-corrected chi connectivity index (χ2v) is 7.09. The van der Waals surface area contributed by atoms with E-state index in [-0.39, 0.29) is 11.5 Å². The molecule has 102 valence electrons. The van der Waals surface area contributed by atoms with Gasteiger partial charge in [-0.05, 0) is 55.9 Å². The second-order valence-electron chi connectivity index (χ2n) is 7.09. The van der Waals surface area contributed by atoms with Crippen LogP contribution in [0.15, 0.2) is 30.3 Å². The van der Waals surface area contributed by atoms with Crippen molar-refractivity contribution in [3.05, 3.63) is 35.9 Å². The van der Waals surface area contributed by atoms with Crippen LogP contribution in [0.5, 0.6) is 0 Å². The fourth-order valence-corrected chi connectivity index (χ4v) is 4.99. The average Bonchev–Trinajstić information content (AvgIpc) is 2.50. The molecule has 1 unspecified atom stereocenters. The van der Waals surface area contributed by atoms with Crippen LogP contribution >= 0.6 is 0 Å². The first-order chi connectivity index (χ1) is 9.07. The predicted octanol–water partition coefficient (Wildman–Crippen LogP) is 3.24. The lowest BCUT2D eigenvalue weighted by Crippen LogP contribution is -2.44. The van der Waals surface area contributed by atoms with E-state index in [1.807, 2.05) is 6.92 Å². The fourth-order valence-electron chi connectivity index (χ4n) is 4.99. The zero-order valence-electron chi connectivity index (χ0n) is 11.5. The van der Waals surface area contributed by atoms with Gasteiger partial charge in [-0.3, -0.25) is 0 Å². The van der Waals surface area contributed by atoms with E-state index in [2.05, 4.69) is 30.3 Å². The molecule has 5 atom stereocenters. The number of aliphatic hydroxyl groups is 1. The molecule has 2 heterocycles. The lowest BCUT2D eigenvalue weighted by atomic mass is 9.56. The highest BCUT2D eigenvalue weighted by atomic mass is 16.6. The van der Waals surface area contributed by atoms with Crippen LogP contribution in [0.4, 0.5) is 0 Å². The molecule has 2 saturated carbocycles. The van der Waals surface area contributed by atoms with Crippen molar-refractivity contribution in [3.8, 4) is 0 Å². The molecule has 4 aliphatic rings. The highest BCUT2D eigenvalue weighted by molar-refractivity contribution is 5.29. The summed E-state index contributed by atoms with van der Waals surface area (Å²) < 4.78 is 6.03. The topological polar surface area (TPSA) is 29.5 Å². The van der Waals surface area contributed by atoms with E-state index in [0.29, 0.717) is 5.92 Å². The van der Waals surface area contributed by atoms with E-state index in [1.165, 1.54) is 12.0 Å². The van der Waals surface area contributed by atoms with E-state index in [4.69, 9.17) is 4.74 Å². The maximum absolute atomic E-state index is 10.6. The second kappa shape index (κ2) is 3.83. The molecule has 4 bridgehead atoms. The van der Waals surface area contributed by atoms with Crippen LogP contribution in [0.3, 0.4) is 0 Å². The zero-order chi connectivity index (χ0) is 13.1. The largest absolute Gasteiger partial charge is 0.365 e. The number of hydrogen-bond acceptors (Lipinski definition) is 2. The summed E-state index contributed by atoms with van der Waals surface area (Å²) in [4.78, 5) is 0. The Bertz CT molecular complexity index is 481. The Kier molecular flexibility index (Phi) is 2.40. The summed E-state index contributed by atoms with van der Waals surface area (Å²) in [6.07, 6.45) is 5.96. The van der Waals surface area contributed by atoms with E-state index in [0.717, 1.165) is 31.6 Å². The van der Waals surface area contributed by atoms with Crippen LogP contribution in [-0.2, 0) is 10.2 Å². The quantitative estimate of drug-likeness (QED) is 0.838. The molecule has 5 rings (SSSR count). The van der Waals surface area contributed by atoms with Gasteiger partial charge in [0.05, 0.1) is 6.10 Å². The SMILES string of the molecule is CC1(O)O[C@@H]2C[C@@H]3C[C@H]1C[C@@](c1ccccc1)(C3)C2. The number of ether oxygens (including phenoxy) is 1. The van der Waals surface area contributed by atoms with Gasteiger partial charge in [-0.1, -0.05) is 30.3 Å². The van der Waals surface area contributed by atoms with Gasteiger partial charge in [0.1, 0.15) is 0 Å². The molecular formula is C17H22O2. The molecule has 2 saturated heterocycles. The zero-order valence-corrected chi connectivity index (χ0v) is 11.5. The first-order valence-electron chi connectivity index (χ1n) is 7.53. The van der Waals surface area contributed by atoms with Crippen LogP contribution in [0, 0.1) is 11.8 Å². The van der Waals surface area contributed by atoms with Crippen molar-refractivity contribution >= 4 is 0 Å². The maximum Gasteiger partial charge on any atom is 0.165 e. The van der Waals surface area contributed by atoms with Crippen LogP contribution in [-0.4, -0.2) is 17.0 Å². The summed E-state index contributed by atoms with van der Waals surface area (Å²) in [5, 5.41) is 10.6. The molecule has 2 heteroatoms. The van der Waals surface area contributed by atoms with Gasteiger partial charge in [0.15, 0.2) is 5.79 Å². The van der Waals surface area contributed by atoms with Gasteiger partial charge in [-0.25, -0.2) is 0 Å². The molecule has 0 amide bonds. The molecule has 2 nitrogen and oxygen atoms in total. The lowest BCUT2D eigenvalue weighted by Gasteiger charge is -2.48. The third kappa shape index (κ3) is 1.77. The van der Waals surface area contributed by atoms with Crippen LogP contribution in [0.25, 0.3) is 0 Å². The molecule has 4 fully saturated rings. The number of fused-ring (bicyclic) bond motifs is 1. The Labute approximate surface area is 114 Å². The maximum atomic E-state index is 10.6. The molecule has 2 aliphatic heterocycles. The summed E-state index contributed by atoms with van der Waals surface area (Å²) in [5.74, 6) is 0.0988. The van der Waals surface area contributed by atoms with E-state index in [9.17, 15) is 5.11 Å². The van der Waals surface area contributed by atoms with Gasteiger partial charge in [0.25, 0.3) is 0 Å². The van der Waals surface area contributed by atoms with Crippen LogP contribution in [0.1, 0.15) is 44.6 Å². The normalized spacial score (nSPS) is 48.2. The summed E-state index contributed by atoms with van der Waals surface area (Å²) in [7, 11) is 0. The molecule has 19 heavy (non-hydrogen) atoms. The van der Waals surface area contributed by atoms with Crippen molar-refractivity contribution in [1.82, 2.24) is 0 Å². The van der Waals surface area contributed by atoms with Gasteiger partial charge in [0.2, 0.25) is 0 Å². The standard InChI is InChI=1S/C17H22O2/c1-16(18)14-7-12-8-15(19-16)11-17(9-12,10-14)13-5-3-2-4-6-13/h2-6,12,14-15,18H,7-11H2,1H3/t12-,14-,15+,16?,17-/m0/s1. The molecule has 0 spiro atoms. The van der Waals surface area contributed by atoms with E-state index >= 15 is 0 Å². The van der Waals surface area contributed by atoms with Crippen molar-refractivity contribution in [2.75, 3.05) is 0 Å². The molecule has 2 aliphatic carbocycles. The molecule has 0 radical (unpaired) electrons. The van der Waals surface area contributed by atoms with Crippen LogP contribution < -0.4 is 0 Å². The van der Waals surface area contributed by atoms with Crippen molar-refractivity contribution in [2.45, 2.75) is 56.3 Å². The van der Waals surface area contributed by atoms with E-state index in [1.54, 1.807) is 0 Å². The predicted molar refractivity (Wildman–Crippen MR) is 73.7 cm³/mol. The number of rotatable bonds is 1. The lowest BCUT2D eigenvalue weighted by molar-refractivity contribution is -0.235. The first kappa shape index (κ1) is 11.9. The monoisotopic (exact) mass is 258 g/mol. The smallest absolute Gasteiger partial charge is 0.165 e. The molecule has 1 N–H and O–H groups in total. The van der Waals surface area contributed by atoms with Gasteiger partial charge >= 0.3 is 0 Å². The minimum atomic E-state index is -0.920. The Morgan fingerprint density at radius 3 is 2.68 bits per heavy atom. The molecule has 1 aromatic rings. The number of benzene rings is 1. The van der Waals surface area contributed by atoms with Gasteiger partial charge < -0.3 is 9.84 Å². The summed E-state index contributed by atoms with van der Waals surface area (Å²) in [5.41, 5.74) is 1.70.